The smallest absolute Gasteiger partial charge is 0.291 e. The minimum absolute atomic E-state index is 0.170. The third-order valence-corrected chi connectivity index (χ3v) is 6.30. The second-order valence-corrected chi connectivity index (χ2v) is 8.67. The van der Waals surface area contributed by atoms with Crippen LogP contribution in [0.25, 0.3) is 0 Å². The van der Waals surface area contributed by atoms with Crippen molar-refractivity contribution in [3.63, 3.8) is 0 Å². The molecule has 1 saturated heterocycles. The molecule has 3 rings (SSSR count). The zero-order chi connectivity index (χ0) is 17.4. The number of Topliss-reactive ketones (excluding diaryl/α,β-unsaturated/α-hetero) is 1. The molecule has 1 aromatic rings. The van der Waals surface area contributed by atoms with Gasteiger partial charge < -0.3 is 0 Å². The van der Waals surface area contributed by atoms with Crippen molar-refractivity contribution < 1.29 is 19.2 Å². The number of halogens is 1. The third kappa shape index (κ3) is 3.04. The number of nitrogens with zero attached hydrogens (tertiary/aromatic N) is 2. The van der Waals surface area contributed by atoms with Gasteiger partial charge in [0.2, 0.25) is 0 Å². The maximum Gasteiger partial charge on any atom is 0.334 e. The van der Waals surface area contributed by atoms with E-state index in [1.54, 1.807) is 12.1 Å². The number of rotatable bonds is 4. The molecule has 1 aliphatic heterocycles. The minimum Gasteiger partial charge on any atom is -0.291 e. The molecule has 0 radical (unpaired) electrons. The highest BCUT2D eigenvalue weighted by Crippen LogP contribution is 2.31. The molecule has 6 nitrogen and oxygen atoms in total. The summed E-state index contributed by atoms with van der Waals surface area (Å²) in [6.07, 6.45) is 3.64. The number of hydrogen-bond acceptors (Lipinski definition) is 5. The Morgan fingerprint density at radius 2 is 1.92 bits per heavy atom. The lowest BCUT2D eigenvalue weighted by molar-refractivity contribution is -0.144. The van der Waals surface area contributed by atoms with E-state index >= 15 is 0 Å². The zero-order valence-electron chi connectivity index (χ0n) is 13.2. The van der Waals surface area contributed by atoms with Crippen molar-refractivity contribution >= 4 is 50.9 Å². The lowest BCUT2D eigenvalue weighted by atomic mass is 9.85. The van der Waals surface area contributed by atoms with Crippen LogP contribution in [-0.2, 0) is 9.59 Å². The van der Waals surface area contributed by atoms with Crippen LogP contribution in [0.4, 0.5) is 4.79 Å². The minimum atomic E-state index is -0.901. The van der Waals surface area contributed by atoms with Gasteiger partial charge in [0, 0.05) is 6.04 Å². The van der Waals surface area contributed by atoms with Gasteiger partial charge in [-0.3, -0.25) is 19.3 Å². The average molecular weight is 413 g/mol. The fourth-order valence-corrected chi connectivity index (χ4v) is 4.64. The van der Waals surface area contributed by atoms with Gasteiger partial charge >= 0.3 is 17.8 Å². The quantitative estimate of drug-likeness (QED) is 0.432. The van der Waals surface area contributed by atoms with E-state index in [1.165, 1.54) is 11.3 Å². The van der Waals surface area contributed by atoms with Crippen LogP contribution in [0.2, 0.25) is 0 Å². The molecule has 1 saturated carbocycles. The van der Waals surface area contributed by atoms with Crippen molar-refractivity contribution in [3.05, 3.63) is 20.8 Å². The molecule has 2 atom stereocenters. The average Bonchev–Trinajstić information content (AvgIpc) is 3.07. The van der Waals surface area contributed by atoms with E-state index in [9.17, 15) is 19.2 Å². The first kappa shape index (κ1) is 17.3. The fourth-order valence-electron chi connectivity index (χ4n) is 3.32. The third-order valence-electron chi connectivity index (χ3n) is 4.63. The molecule has 0 N–H and O–H groups in total. The maximum absolute atomic E-state index is 12.6. The predicted molar refractivity (Wildman–Crippen MR) is 91.7 cm³/mol. The van der Waals surface area contributed by atoms with Gasteiger partial charge in [-0.2, -0.15) is 0 Å². The molecule has 0 aromatic carbocycles. The maximum atomic E-state index is 12.6. The molecule has 0 unspecified atom stereocenters. The van der Waals surface area contributed by atoms with Crippen molar-refractivity contribution in [3.8, 4) is 0 Å². The first-order valence-corrected chi connectivity index (χ1v) is 9.48. The van der Waals surface area contributed by atoms with Crippen LogP contribution in [0.15, 0.2) is 15.9 Å². The van der Waals surface area contributed by atoms with Gasteiger partial charge in [0.25, 0.3) is 0 Å². The van der Waals surface area contributed by atoms with Crippen molar-refractivity contribution in [1.82, 2.24) is 9.80 Å². The van der Waals surface area contributed by atoms with Crippen molar-refractivity contribution in [2.75, 3.05) is 6.54 Å². The Labute approximate surface area is 151 Å². The molecule has 4 amide bonds. The summed E-state index contributed by atoms with van der Waals surface area (Å²) in [6, 6.07) is 2.45. The standard InChI is InChI=1S/C16H17BrN2O4S/c1-9-4-2-3-5-10(9)19-15(22)14(21)18(16(19)23)8-11(20)12-6-7-13(17)24-12/h6-7,9-10H,2-5,8H2,1H3/t9-,10+/m0/s1. The van der Waals surface area contributed by atoms with Crippen LogP contribution in [-0.4, -0.2) is 46.0 Å². The number of ketones is 1. The molecule has 2 heterocycles. The number of urea groups is 1. The number of hydrogen-bond donors (Lipinski definition) is 0. The Balaban J connectivity index is 1.77. The summed E-state index contributed by atoms with van der Waals surface area (Å²) < 4.78 is 0.790. The van der Waals surface area contributed by atoms with Crippen LogP contribution >= 0.6 is 27.3 Å². The lowest BCUT2D eigenvalue weighted by Crippen LogP contribution is -2.46. The largest absolute Gasteiger partial charge is 0.334 e. The molecule has 1 aromatic heterocycles. The van der Waals surface area contributed by atoms with Crippen LogP contribution in [0.3, 0.4) is 0 Å². The van der Waals surface area contributed by atoms with Gasteiger partial charge in [0.1, 0.15) is 0 Å². The molecule has 0 bridgehead atoms. The predicted octanol–water partition coefficient (Wildman–Crippen LogP) is 3.06. The monoisotopic (exact) mass is 412 g/mol. The summed E-state index contributed by atoms with van der Waals surface area (Å²) in [4.78, 5) is 51.7. The van der Waals surface area contributed by atoms with Gasteiger partial charge in [-0.15, -0.1) is 11.3 Å². The van der Waals surface area contributed by atoms with Gasteiger partial charge in [0.05, 0.1) is 15.2 Å². The molecular formula is C16H17BrN2O4S. The normalized spacial score (nSPS) is 24.8. The zero-order valence-corrected chi connectivity index (χ0v) is 15.6. The highest BCUT2D eigenvalue weighted by Gasteiger charge is 2.49. The van der Waals surface area contributed by atoms with Gasteiger partial charge in [-0.1, -0.05) is 19.8 Å². The fraction of sp³-hybridized carbons (Fsp3) is 0.500. The molecule has 1 aliphatic carbocycles. The Kier molecular flexibility index (Phi) is 4.87. The van der Waals surface area contributed by atoms with E-state index in [1.807, 2.05) is 6.92 Å². The molecule has 2 fully saturated rings. The van der Waals surface area contributed by atoms with Crippen molar-refractivity contribution in [1.29, 1.82) is 0 Å². The summed E-state index contributed by atoms with van der Waals surface area (Å²) in [5, 5.41) is 0. The first-order valence-electron chi connectivity index (χ1n) is 7.87. The first-order chi connectivity index (χ1) is 11.4. The Morgan fingerprint density at radius 1 is 1.21 bits per heavy atom. The molecule has 0 spiro atoms. The number of amides is 4. The summed E-state index contributed by atoms with van der Waals surface area (Å²) in [6.45, 7) is 1.60. The summed E-state index contributed by atoms with van der Waals surface area (Å²) >= 11 is 4.50. The van der Waals surface area contributed by atoms with E-state index < -0.39 is 24.4 Å². The van der Waals surface area contributed by atoms with Gasteiger partial charge in [-0.25, -0.2) is 9.69 Å². The Morgan fingerprint density at radius 3 is 2.54 bits per heavy atom. The Bertz CT molecular complexity index is 717. The number of thiophene rings is 1. The van der Waals surface area contributed by atoms with E-state index in [0.29, 0.717) is 11.3 Å². The summed E-state index contributed by atoms with van der Waals surface area (Å²) in [5.41, 5.74) is 0. The topological polar surface area (TPSA) is 74.8 Å². The lowest BCUT2D eigenvalue weighted by Gasteiger charge is -2.34. The SMILES string of the molecule is C[C@H]1CCCC[C@H]1N1C(=O)C(=O)N(CC(=O)c2ccc(Br)s2)C1=O. The van der Waals surface area contributed by atoms with Crippen LogP contribution < -0.4 is 0 Å². The molecule has 24 heavy (non-hydrogen) atoms. The molecule has 128 valence electrons. The van der Waals surface area contributed by atoms with Gasteiger partial charge in [0.15, 0.2) is 5.78 Å². The van der Waals surface area contributed by atoms with Crippen LogP contribution in [0, 0.1) is 5.92 Å². The summed E-state index contributed by atoms with van der Waals surface area (Å²) in [7, 11) is 0. The molecule has 2 aliphatic rings. The van der Waals surface area contributed by atoms with E-state index in [2.05, 4.69) is 15.9 Å². The van der Waals surface area contributed by atoms with Crippen LogP contribution in [0.5, 0.6) is 0 Å². The number of imide groups is 2. The number of carbonyl (C=O) groups excluding carboxylic acids is 4. The number of carbonyl (C=O) groups is 4. The van der Waals surface area contributed by atoms with E-state index in [4.69, 9.17) is 0 Å². The molecule has 8 heteroatoms. The molecular weight excluding hydrogens is 396 g/mol. The van der Waals surface area contributed by atoms with E-state index in [-0.39, 0.29) is 17.7 Å². The van der Waals surface area contributed by atoms with Crippen molar-refractivity contribution in [2.24, 2.45) is 5.92 Å². The second kappa shape index (κ2) is 6.76. The summed E-state index contributed by atoms with van der Waals surface area (Å²) in [5.74, 6) is -1.89. The van der Waals surface area contributed by atoms with E-state index in [0.717, 1.165) is 32.8 Å². The van der Waals surface area contributed by atoms with Crippen LogP contribution in [0.1, 0.15) is 42.3 Å². The second-order valence-electron chi connectivity index (χ2n) is 6.21. The van der Waals surface area contributed by atoms with Crippen molar-refractivity contribution in [2.45, 2.75) is 38.6 Å². The van der Waals surface area contributed by atoms with Gasteiger partial charge in [-0.05, 0) is 46.8 Å². The highest BCUT2D eigenvalue weighted by molar-refractivity contribution is 9.11. The highest BCUT2D eigenvalue weighted by atomic mass is 79.9. The Hall–Kier alpha value is -1.54.